The van der Waals surface area contributed by atoms with Gasteiger partial charge in [0.05, 0.1) is 5.69 Å². The van der Waals surface area contributed by atoms with Gasteiger partial charge in [-0.05, 0) is 36.8 Å². The molecule has 1 heterocycles. The normalized spacial score (nSPS) is 26.3. The van der Waals surface area contributed by atoms with Crippen LogP contribution >= 0.6 is 0 Å². The lowest BCUT2D eigenvalue weighted by Crippen LogP contribution is -2.26. The minimum absolute atomic E-state index is 0.0226. The highest BCUT2D eigenvalue weighted by atomic mass is 16.4. The predicted molar refractivity (Wildman–Crippen MR) is 75.2 cm³/mol. The van der Waals surface area contributed by atoms with Crippen LogP contribution in [0.15, 0.2) is 12.1 Å². The quantitative estimate of drug-likeness (QED) is 0.777. The van der Waals surface area contributed by atoms with Crippen LogP contribution in [0.25, 0.3) is 0 Å². The largest absolute Gasteiger partial charge is 0.477 e. The van der Waals surface area contributed by atoms with Crippen molar-refractivity contribution < 1.29 is 9.90 Å². The van der Waals surface area contributed by atoms with E-state index in [4.69, 9.17) is 10.8 Å². The van der Waals surface area contributed by atoms with E-state index in [1.807, 2.05) is 0 Å². The Bertz CT molecular complexity index is 476. The number of carbonyl (C=O) groups is 1. The number of nitrogen functional groups attached to an aromatic ring is 1. The van der Waals surface area contributed by atoms with Crippen molar-refractivity contribution in [3.8, 4) is 0 Å². The van der Waals surface area contributed by atoms with Crippen LogP contribution in [-0.2, 0) is 0 Å². The van der Waals surface area contributed by atoms with E-state index in [9.17, 15) is 4.79 Å². The minimum Gasteiger partial charge on any atom is -0.477 e. The topological polar surface area (TPSA) is 88.2 Å². The van der Waals surface area contributed by atoms with Crippen LogP contribution in [0, 0.1) is 11.8 Å². The summed E-state index contributed by atoms with van der Waals surface area (Å²) in [5.74, 6) is 0.739. The van der Waals surface area contributed by atoms with Gasteiger partial charge in [-0.3, -0.25) is 0 Å². The van der Waals surface area contributed by atoms with Crippen molar-refractivity contribution in [2.45, 2.75) is 39.2 Å². The van der Waals surface area contributed by atoms with Gasteiger partial charge in [0, 0.05) is 6.04 Å². The van der Waals surface area contributed by atoms with Crippen molar-refractivity contribution in [2.24, 2.45) is 11.8 Å². The number of aromatic nitrogens is 1. The molecule has 1 aliphatic rings. The van der Waals surface area contributed by atoms with Crippen molar-refractivity contribution in [3.05, 3.63) is 17.8 Å². The molecule has 1 saturated carbocycles. The third-order valence-corrected chi connectivity index (χ3v) is 4.22. The molecule has 1 aromatic heterocycles. The lowest BCUT2D eigenvalue weighted by Gasteiger charge is -2.22. The zero-order valence-electron chi connectivity index (χ0n) is 11.4. The van der Waals surface area contributed by atoms with Gasteiger partial charge >= 0.3 is 5.97 Å². The second kappa shape index (κ2) is 5.47. The van der Waals surface area contributed by atoms with Crippen LogP contribution in [0.4, 0.5) is 11.5 Å². The summed E-state index contributed by atoms with van der Waals surface area (Å²) < 4.78 is 0. The third kappa shape index (κ3) is 2.80. The molecule has 5 heteroatoms. The second-order valence-corrected chi connectivity index (χ2v) is 5.30. The summed E-state index contributed by atoms with van der Waals surface area (Å²) in [5, 5.41) is 12.3. The second-order valence-electron chi connectivity index (χ2n) is 5.30. The summed E-state index contributed by atoms with van der Waals surface area (Å²) in [6.45, 7) is 4.44. The van der Waals surface area contributed by atoms with Crippen LogP contribution in [0.3, 0.4) is 0 Å². The average Bonchev–Trinajstić information content (AvgIpc) is 2.73. The SMILES string of the molecule is CCC1CCC(Nc2nc(C(=O)O)ccc2N)C1C. The molecule has 0 spiro atoms. The van der Waals surface area contributed by atoms with E-state index in [-0.39, 0.29) is 5.69 Å². The first-order valence-corrected chi connectivity index (χ1v) is 6.79. The number of anilines is 2. The van der Waals surface area contributed by atoms with Crippen molar-refractivity contribution in [2.75, 3.05) is 11.1 Å². The average molecular weight is 263 g/mol. The van der Waals surface area contributed by atoms with Crippen molar-refractivity contribution in [1.29, 1.82) is 0 Å². The number of rotatable bonds is 4. The smallest absolute Gasteiger partial charge is 0.354 e. The number of nitrogens with one attached hydrogen (secondary N) is 1. The summed E-state index contributed by atoms with van der Waals surface area (Å²) in [5.41, 5.74) is 6.38. The van der Waals surface area contributed by atoms with E-state index in [1.54, 1.807) is 6.07 Å². The molecule has 19 heavy (non-hydrogen) atoms. The van der Waals surface area contributed by atoms with E-state index in [2.05, 4.69) is 24.1 Å². The molecule has 0 amide bonds. The van der Waals surface area contributed by atoms with E-state index in [0.717, 1.165) is 12.3 Å². The van der Waals surface area contributed by atoms with Gasteiger partial charge in [0.15, 0.2) is 5.69 Å². The van der Waals surface area contributed by atoms with Gasteiger partial charge < -0.3 is 16.2 Å². The Labute approximate surface area is 113 Å². The lowest BCUT2D eigenvalue weighted by molar-refractivity contribution is 0.0690. The number of hydrogen-bond donors (Lipinski definition) is 3. The van der Waals surface area contributed by atoms with E-state index in [0.29, 0.717) is 23.5 Å². The molecule has 1 fully saturated rings. The lowest BCUT2D eigenvalue weighted by atomic mass is 9.93. The standard InChI is InChI=1S/C14H21N3O2/c1-3-9-4-6-11(8(9)2)16-13-10(15)5-7-12(17-13)14(18)19/h5,7-9,11H,3-4,6,15H2,1-2H3,(H,16,17)(H,18,19). The predicted octanol–water partition coefficient (Wildman–Crippen LogP) is 2.60. The van der Waals surface area contributed by atoms with Crippen molar-refractivity contribution >= 4 is 17.5 Å². The molecule has 5 nitrogen and oxygen atoms in total. The van der Waals surface area contributed by atoms with E-state index < -0.39 is 5.97 Å². The number of aromatic carboxylic acids is 1. The van der Waals surface area contributed by atoms with Crippen LogP contribution < -0.4 is 11.1 Å². The molecule has 1 aliphatic carbocycles. The molecule has 0 saturated heterocycles. The molecule has 3 unspecified atom stereocenters. The number of nitrogens with two attached hydrogens (primary N) is 1. The Hall–Kier alpha value is -1.78. The maximum Gasteiger partial charge on any atom is 0.354 e. The summed E-state index contributed by atoms with van der Waals surface area (Å²) >= 11 is 0. The fourth-order valence-corrected chi connectivity index (χ4v) is 2.91. The van der Waals surface area contributed by atoms with Gasteiger partial charge in [-0.25, -0.2) is 9.78 Å². The highest BCUT2D eigenvalue weighted by Crippen LogP contribution is 2.36. The molecule has 0 aliphatic heterocycles. The van der Waals surface area contributed by atoms with Gasteiger partial charge in [-0.1, -0.05) is 20.3 Å². The maximum atomic E-state index is 10.9. The van der Waals surface area contributed by atoms with Crippen molar-refractivity contribution in [1.82, 2.24) is 4.98 Å². The minimum atomic E-state index is -1.03. The Kier molecular flexibility index (Phi) is 3.93. The number of nitrogens with zero attached hydrogens (tertiary/aromatic N) is 1. The maximum absolute atomic E-state index is 10.9. The summed E-state index contributed by atoms with van der Waals surface area (Å²) in [4.78, 5) is 15.0. The zero-order valence-corrected chi connectivity index (χ0v) is 11.4. The Balaban J connectivity index is 2.15. The van der Waals surface area contributed by atoms with Crippen LogP contribution in [0.5, 0.6) is 0 Å². The van der Waals surface area contributed by atoms with Crippen LogP contribution in [0.1, 0.15) is 43.6 Å². The molecule has 0 bridgehead atoms. The van der Waals surface area contributed by atoms with E-state index in [1.165, 1.54) is 18.9 Å². The molecule has 0 aromatic carbocycles. The molecular formula is C14H21N3O2. The molecule has 104 valence electrons. The Morgan fingerprint density at radius 2 is 2.26 bits per heavy atom. The van der Waals surface area contributed by atoms with Gasteiger partial charge in [-0.2, -0.15) is 0 Å². The first-order valence-electron chi connectivity index (χ1n) is 6.79. The monoisotopic (exact) mass is 263 g/mol. The molecule has 3 atom stereocenters. The number of hydrogen-bond acceptors (Lipinski definition) is 4. The molecule has 0 radical (unpaired) electrons. The van der Waals surface area contributed by atoms with Gasteiger partial charge in [0.2, 0.25) is 0 Å². The highest BCUT2D eigenvalue weighted by Gasteiger charge is 2.32. The van der Waals surface area contributed by atoms with Crippen LogP contribution in [-0.4, -0.2) is 22.1 Å². The molecule has 2 rings (SSSR count). The summed E-state index contributed by atoms with van der Waals surface area (Å²) in [6, 6.07) is 3.34. The Morgan fingerprint density at radius 1 is 1.53 bits per heavy atom. The fraction of sp³-hybridized carbons (Fsp3) is 0.571. The third-order valence-electron chi connectivity index (χ3n) is 4.22. The highest BCUT2D eigenvalue weighted by molar-refractivity contribution is 5.86. The first-order chi connectivity index (χ1) is 9.02. The molecule has 4 N–H and O–H groups in total. The molecular weight excluding hydrogens is 242 g/mol. The summed E-state index contributed by atoms with van der Waals surface area (Å²) in [6.07, 6.45) is 3.46. The number of carboxylic acids is 1. The van der Waals surface area contributed by atoms with E-state index >= 15 is 0 Å². The zero-order chi connectivity index (χ0) is 14.0. The van der Waals surface area contributed by atoms with Gasteiger partial charge in [0.25, 0.3) is 0 Å². The summed E-state index contributed by atoms with van der Waals surface area (Å²) in [7, 11) is 0. The number of pyridine rings is 1. The Morgan fingerprint density at radius 3 is 2.84 bits per heavy atom. The first kappa shape index (κ1) is 13.6. The molecule has 1 aromatic rings. The van der Waals surface area contributed by atoms with Gasteiger partial charge in [0.1, 0.15) is 5.82 Å². The fourth-order valence-electron chi connectivity index (χ4n) is 2.91. The van der Waals surface area contributed by atoms with Crippen molar-refractivity contribution in [3.63, 3.8) is 0 Å². The number of carboxylic acid groups (broad SMARTS) is 1. The van der Waals surface area contributed by atoms with Crippen LogP contribution in [0.2, 0.25) is 0 Å². The van der Waals surface area contributed by atoms with Gasteiger partial charge in [-0.15, -0.1) is 0 Å².